The van der Waals surface area contributed by atoms with Crippen molar-refractivity contribution in [1.82, 2.24) is 4.98 Å². The molecule has 34 heavy (non-hydrogen) atoms. The molecular formula is C27H24Cl2N4O. The molecule has 0 aliphatic rings. The molecule has 1 aromatic heterocycles. The lowest BCUT2D eigenvalue weighted by Gasteiger charge is -2.24. The highest BCUT2D eigenvalue weighted by Crippen LogP contribution is 2.28. The van der Waals surface area contributed by atoms with Crippen molar-refractivity contribution in [1.29, 1.82) is 5.26 Å². The van der Waals surface area contributed by atoms with Gasteiger partial charge in [0.1, 0.15) is 6.07 Å². The number of nitriles is 1. The molecule has 3 aromatic carbocycles. The van der Waals surface area contributed by atoms with Crippen LogP contribution in [0.25, 0.3) is 11.1 Å². The van der Waals surface area contributed by atoms with Crippen LogP contribution < -0.4 is 11.1 Å². The SMILES string of the molecule is Cl.Cl.N#Cc1cnccc1-c1ccc(NC(=O)[C@@H](N)C(c2ccccc2)c2ccccc2)cc1. The predicted octanol–water partition coefficient (Wildman–Crippen LogP) is 5.56. The fourth-order valence-corrected chi connectivity index (χ4v) is 3.77. The van der Waals surface area contributed by atoms with Gasteiger partial charge in [0, 0.05) is 29.6 Å². The van der Waals surface area contributed by atoms with Gasteiger partial charge in [-0.15, -0.1) is 24.8 Å². The largest absolute Gasteiger partial charge is 0.325 e. The van der Waals surface area contributed by atoms with Crippen LogP contribution in [0.3, 0.4) is 0 Å². The Hall–Kier alpha value is -3.69. The van der Waals surface area contributed by atoms with Crippen LogP contribution in [0.2, 0.25) is 0 Å². The Morgan fingerprint density at radius 2 is 1.41 bits per heavy atom. The van der Waals surface area contributed by atoms with E-state index in [1.807, 2.05) is 84.9 Å². The number of benzene rings is 3. The molecule has 0 saturated heterocycles. The molecule has 1 atom stereocenters. The van der Waals surface area contributed by atoms with Crippen molar-refractivity contribution in [3.63, 3.8) is 0 Å². The standard InChI is InChI=1S/C27H22N4O.2ClH/c28-17-22-18-30-16-15-24(22)19-11-13-23(14-12-19)31-27(32)26(29)25(20-7-3-1-4-8-20)21-9-5-2-6-10-21;;/h1-16,18,25-26H,29H2,(H,31,32);2*1H/t26-;;/m0../s1. The summed E-state index contributed by atoms with van der Waals surface area (Å²) in [6.45, 7) is 0. The van der Waals surface area contributed by atoms with Gasteiger partial charge in [-0.05, 0) is 34.9 Å². The topological polar surface area (TPSA) is 91.8 Å². The zero-order valence-corrected chi connectivity index (χ0v) is 19.8. The van der Waals surface area contributed by atoms with E-state index in [9.17, 15) is 10.1 Å². The maximum atomic E-state index is 13.1. The van der Waals surface area contributed by atoms with Crippen molar-refractivity contribution in [2.75, 3.05) is 5.32 Å². The van der Waals surface area contributed by atoms with Crippen LogP contribution in [0.4, 0.5) is 5.69 Å². The first-order valence-corrected chi connectivity index (χ1v) is 10.3. The van der Waals surface area contributed by atoms with Gasteiger partial charge in [0.25, 0.3) is 0 Å². The van der Waals surface area contributed by atoms with E-state index in [2.05, 4.69) is 16.4 Å². The van der Waals surface area contributed by atoms with E-state index in [1.165, 1.54) is 6.20 Å². The van der Waals surface area contributed by atoms with Crippen LogP contribution in [0, 0.1) is 11.3 Å². The average molecular weight is 491 g/mol. The molecule has 4 aromatic rings. The van der Waals surface area contributed by atoms with E-state index in [0.717, 1.165) is 22.3 Å². The van der Waals surface area contributed by atoms with Gasteiger partial charge in [-0.1, -0.05) is 72.8 Å². The van der Waals surface area contributed by atoms with Gasteiger partial charge >= 0.3 is 0 Å². The summed E-state index contributed by atoms with van der Waals surface area (Å²) in [4.78, 5) is 17.1. The molecule has 4 rings (SSSR count). The molecule has 0 unspecified atom stereocenters. The van der Waals surface area contributed by atoms with Crippen LogP contribution in [0.5, 0.6) is 0 Å². The van der Waals surface area contributed by atoms with Crippen molar-refractivity contribution in [3.8, 4) is 17.2 Å². The smallest absolute Gasteiger partial charge is 0.242 e. The number of pyridine rings is 1. The van der Waals surface area contributed by atoms with E-state index in [1.54, 1.807) is 12.3 Å². The zero-order valence-electron chi connectivity index (χ0n) is 18.2. The lowest BCUT2D eigenvalue weighted by atomic mass is 9.85. The Bertz CT molecular complexity index is 1200. The summed E-state index contributed by atoms with van der Waals surface area (Å²) in [5, 5.41) is 12.2. The molecular weight excluding hydrogens is 467 g/mol. The third kappa shape index (κ3) is 6.00. The van der Waals surface area contributed by atoms with E-state index in [0.29, 0.717) is 11.3 Å². The summed E-state index contributed by atoms with van der Waals surface area (Å²) >= 11 is 0. The van der Waals surface area contributed by atoms with Crippen molar-refractivity contribution < 1.29 is 4.79 Å². The number of hydrogen-bond donors (Lipinski definition) is 2. The zero-order chi connectivity index (χ0) is 22.3. The number of carbonyl (C=O) groups excluding carboxylic acids is 1. The monoisotopic (exact) mass is 490 g/mol. The highest BCUT2D eigenvalue weighted by molar-refractivity contribution is 5.96. The second kappa shape index (κ2) is 12.5. The normalized spacial score (nSPS) is 10.9. The Morgan fingerprint density at radius 3 is 1.94 bits per heavy atom. The second-order valence-electron chi connectivity index (χ2n) is 7.42. The second-order valence-corrected chi connectivity index (χ2v) is 7.42. The van der Waals surface area contributed by atoms with Gasteiger partial charge in [-0.2, -0.15) is 5.26 Å². The maximum absolute atomic E-state index is 13.1. The summed E-state index contributed by atoms with van der Waals surface area (Å²) in [7, 11) is 0. The summed E-state index contributed by atoms with van der Waals surface area (Å²) in [6.07, 6.45) is 3.19. The van der Waals surface area contributed by atoms with E-state index >= 15 is 0 Å². The van der Waals surface area contributed by atoms with Crippen molar-refractivity contribution in [2.24, 2.45) is 5.73 Å². The maximum Gasteiger partial charge on any atom is 0.242 e. The molecule has 0 spiro atoms. The van der Waals surface area contributed by atoms with Crippen molar-refractivity contribution >= 4 is 36.4 Å². The van der Waals surface area contributed by atoms with E-state index in [-0.39, 0.29) is 36.6 Å². The van der Waals surface area contributed by atoms with Gasteiger partial charge in [-0.25, -0.2) is 0 Å². The van der Waals surface area contributed by atoms with Crippen LogP contribution in [-0.2, 0) is 4.79 Å². The van der Waals surface area contributed by atoms with Gasteiger partial charge in [0.15, 0.2) is 0 Å². The molecule has 7 heteroatoms. The quantitative estimate of drug-likeness (QED) is 0.369. The van der Waals surface area contributed by atoms with Crippen LogP contribution >= 0.6 is 24.8 Å². The summed E-state index contributed by atoms with van der Waals surface area (Å²) < 4.78 is 0. The molecule has 0 radical (unpaired) electrons. The summed E-state index contributed by atoms with van der Waals surface area (Å²) in [5.41, 5.74) is 11.3. The number of aromatic nitrogens is 1. The number of hydrogen-bond acceptors (Lipinski definition) is 4. The predicted molar refractivity (Wildman–Crippen MR) is 140 cm³/mol. The molecule has 0 saturated carbocycles. The van der Waals surface area contributed by atoms with Gasteiger partial charge in [0.05, 0.1) is 11.6 Å². The first-order valence-electron chi connectivity index (χ1n) is 10.3. The number of halogens is 2. The Balaban J connectivity index is 0.00000204. The number of anilines is 1. The number of rotatable bonds is 6. The third-order valence-electron chi connectivity index (χ3n) is 5.38. The van der Waals surface area contributed by atoms with E-state index in [4.69, 9.17) is 5.73 Å². The molecule has 1 heterocycles. The van der Waals surface area contributed by atoms with Gasteiger partial charge < -0.3 is 11.1 Å². The van der Waals surface area contributed by atoms with Crippen LogP contribution in [0.15, 0.2) is 103 Å². The van der Waals surface area contributed by atoms with Crippen LogP contribution in [-0.4, -0.2) is 16.9 Å². The Labute approximate surface area is 211 Å². The number of nitrogens with two attached hydrogens (primary N) is 1. The third-order valence-corrected chi connectivity index (χ3v) is 5.38. The van der Waals surface area contributed by atoms with E-state index < -0.39 is 6.04 Å². The number of nitrogens with zero attached hydrogens (tertiary/aromatic N) is 2. The lowest BCUT2D eigenvalue weighted by molar-refractivity contribution is -0.117. The van der Waals surface area contributed by atoms with Crippen LogP contribution in [0.1, 0.15) is 22.6 Å². The molecule has 0 aliphatic heterocycles. The molecule has 0 bridgehead atoms. The van der Waals surface area contributed by atoms with Gasteiger partial charge in [0.2, 0.25) is 5.91 Å². The Morgan fingerprint density at radius 1 is 0.853 bits per heavy atom. The Kier molecular flexibility index (Phi) is 9.78. The molecule has 5 nitrogen and oxygen atoms in total. The van der Waals surface area contributed by atoms with Gasteiger partial charge in [-0.3, -0.25) is 9.78 Å². The molecule has 172 valence electrons. The molecule has 0 aliphatic carbocycles. The minimum atomic E-state index is -0.773. The fourth-order valence-electron chi connectivity index (χ4n) is 3.77. The summed E-state index contributed by atoms with van der Waals surface area (Å²) in [6, 6.07) is 30.1. The molecule has 1 amide bonds. The molecule has 3 N–H and O–H groups in total. The van der Waals surface area contributed by atoms with Crippen molar-refractivity contribution in [2.45, 2.75) is 12.0 Å². The first-order chi connectivity index (χ1) is 15.7. The number of carbonyl (C=O) groups is 1. The summed E-state index contributed by atoms with van der Waals surface area (Å²) in [5.74, 6) is -0.538. The average Bonchev–Trinajstić information content (AvgIpc) is 2.86. The number of nitrogens with one attached hydrogen (secondary N) is 1. The highest BCUT2D eigenvalue weighted by Gasteiger charge is 2.27. The number of amides is 1. The first kappa shape index (κ1) is 26.6. The minimum absolute atomic E-state index is 0. The highest BCUT2D eigenvalue weighted by atomic mass is 35.5. The minimum Gasteiger partial charge on any atom is -0.325 e. The molecule has 0 fully saturated rings. The van der Waals surface area contributed by atoms with Crippen molar-refractivity contribution in [3.05, 3.63) is 120 Å². The lowest BCUT2D eigenvalue weighted by Crippen LogP contribution is -2.41. The fraction of sp³-hybridized carbons (Fsp3) is 0.0741.